The molecular formula is C13H9NO4. The maximum atomic E-state index is 11.4. The molecule has 5 heteroatoms. The number of rotatable bonds is 1. The van der Waals surface area contributed by atoms with E-state index in [-0.39, 0.29) is 11.7 Å². The first-order valence-electron chi connectivity index (χ1n) is 5.41. The van der Waals surface area contributed by atoms with Gasteiger partial charge in [0.15, 0.2) is 11.2 Å². The minimum atomic E-state index is -0.451. The molecule has 0 atom stereocenters. The Morgan fingerprint density at radius 3 is 2.72 bits per heavy atom. The molecule has 2 aromatic heterocycles. The zero-order chi connectivity index (χ0) is 12.9. The summed E-state index contributed by atoms with van der Waals surface area (Å²) in [5.74, 6) is -0.254. The molecule has 0 saturated heterocycles. The lowest BCUT2D eigenvalue weighted by Crippen LogP contribution is -1.97. The van der Waals surface area contributed by atoms with Crippen molar-refractivity contribution in [2.75, 3.05) is 0 Å². The molecule has 0 aliphatic carbocycles. The van der Waals surface area contributed by atoms with Gasteiger partial charge in [-0.2, -0.15) is 0 Å². The van der Waals surface area contributed by atoms with Gasteiger partial charge < -0.3 is 8.83 Å². The zero-order valence-electron chi connectivity index (χ0n) is 9.81. The average Bonchev–Trinajstić information content (AvgIpc) is 2.72. The van der Waals surface area contributed by atoms with Crippen LogP contribution in [0.15, 0.2) is 31.8 Å². The van der Waals surface area contributed by atoms with Crippen molar-refractivity contribution >= 4 is 27.9 Å². The van der Waals surface area contributed by atoms with Crippen LogP contribution in [0.3, 0.4) is 0 Å². The van der Waals surface area contributed by atoms with Gasteiger partial charge in [0.05, 0.1) is 0 Å². The zero-order valence-corrected chi connectivity index (χ0v) is 9.81. The molecule has 18 heavy (non-hydrogen) atoms. The molecule has 0 saturated carbocycles. The lowest BCUT2D eigenvalue weighted by Gasteiger charge is -1.99. The molecule has 90 valence electrons. The molecule has 0 aliphatic heterocycles. The highest BCUT2D eigenvalue weighted by atomic mass is 16.4. The summed E-state index contributed by atoms with van der Waals surface area (Å²) in [6.45, 7) is 3.18. The summed E-state index contributed by atoms with van der Waals surface area (Å²) in [6, 6.07) is 4.94. The second-order valence-corrected chi connectivity index (χ2v) is 4.11. The van der Waals surface area contributed by atoms with E-state index in [1.807, 2.05) is 6.92 Å². The molecule has 0 spiro atoms. The van der Waals surface area contributed by atoms with E-state index in [0.29, 0.717) is 16.7 Å². The van der Waals surface area contributed by atoms with Crippen LogP contribution in [0, 0.1) is 6.92 Å². The van der Waals surface area contributed by atoms with Gasteiger partial charge in [-0.05, 0) is 24.6 Å². The van der Waals surface area contributed by atoms with Crippen LogP contribution < -0.4 is 5.63 Å². The van der Waals surface area contributed by atoms with Crippen LogP contribution >= 0.6 is 0 Å². The third kappa shape index (κ3) is 1.44. The van der Waals surface area contributed by atoms with Crippen LogP contribution in [0.2, 0.25) is 0 Å². The summed E-state index contributed by atoms with van der Waals surface area (Å²) in [7, 11) is 0. The second-order valence-electron chi connectivity index (χ2n) is 4.11. The molecule has 5 nitrogen and oxygen atoms in total. The van der Waals surface area contributed by atoms with Crippen molar-refractivity contribution in [2.24, 2.45) is 0 Å². The van der Waals surface area contributed by atoms with Gasteiger partial charge in [-0.3, -0.25) is 4.79 Å². The molecule has 3 aromatic rings. The van der Waals surface area contributed by atoms with Crippen LogP contribution in [0.4, 0.5) is 0 Å². The molecule has 0 unspecified atom stereocenters. The van der Waals surface area contributed by atoms with Crippen LogP contribution in [0.5, 0.6) is 0 Å². The van der Waals surface area contributed by atoms with Gasteiger partial charge in [-0.15, -0.1) is 0 Å². The van der Waals surface area contributed by atoms with Crippen molar-refractivity contribution in [1.29, 1.82) is 0 Å². The largest absolute Gasteiger partial charge is 0.430 e. The van der Waals surface area contributed by atoms with Crippen molar-refractivity contribution < 1.29 is 13.6 Å². The summed E-state index contributed by atoms with van der Waals surface area (Å²) < 4.78 is 10.5. The quantitative estimate of drug-likeness (QED) is 0.484. The minimum absolute atomic E-state index is 0.0154. The summed E-state index contributed by atoms with van der Waals surface area (Å²) in [5.41, 5.74) is 1.51. The van der Waals surface area contributed by atoms with E-state index in [1.54, 1.807) is 12.1 Å². The summed E-state index contributed by atoms with van der Waals surface area (Å²) >= 11 is 0. The number of hydrogen-bond donors (Lipinski definition) is 0. The molecule has 0 N–H and O–H groups in total. The Kier molecular flexibility index (Phi) is 2.10. The van der Waals surface area contributed by atoms with Gasteiger partial charge in [-0.25, -0.2) is 9.78 Å². The number of oxazole rings is 1. The molecular weight excluding hydrogens is 234 g/mol. The molecule has 3 rings (SSSR count). The normalized spacial score (nSPS) is 11.2. The van der Waals surface area contributed by atoms with E-state index < -0.39 is 5.63 Å². The molecule has 0 radical (unpaired) electrons. The third-order valence-corrected chi connectivity index (χ3v) is 2.78. The number of aromatic nitrogens is 1. The van der Waals surface area contributed by atoms with Crippen LogP contribution in [-0.2, 0) is 0 Å². The van der Waals surface area contributed by atoms with Gasteiger partial charge >= 0.3 is 5.63 Å². The van der Waals surface area contributed by atoms with Crippen LogP contribution in [-0.4, -0.2) is 10.8 Å². The number of aryl methyl sites for hydroxylation is 1. The van der Waals surface area contributed by atoms with Crippen molar-refractivity contribution in [1.82, 2.24) is 4.98 Å². The molecule has 0 bridgehead atoms. The van der Waals surface area contributed by atoms with E-state index in [4.69, 9.17) is 8.83 Å². The second kappa shape index (κ2) is 3.53. The lowest BCUT2D eigenvalue weighted by molar-refractivity contribution is 0.0983. The minimum Gasteiger partial charge on any atom is -0.430 e. The highest BCUT2D eigenvalue weighted by molar-refractivity contribution is 6.02. The number of fused-ring (bicyclic) bond motifs is 3. The van der Waals surface area contributed by atoms with Crippen molar-refractivity contribution in [3.05, 3.63) is 40.1 Å². The fraction of sp³-hybridized carbons (Fsp3) is 0.154. The highest BCUT2D eigenvalue weighted by Gasteiger charge is 2.15. The van der Waals surface area contributed by atoms with Crippen molar-refractivity contribution in [3.8, 4) is 0 Å². The topological polar surface area (TPSA) is 73.3 Å². The van der Waals surface area contributed by atoms with E-state index in [2.05, 4.69) is 4.98 Å². The van der Waals surface area contributed by atoms with Crippen LogP contribution in [0.1, 0.15) is 23.2 Å². The maximum Gasteiger partial charge on any atom is 0.336 e. The van der Waals surface area contributed by atoms with Gasteiger partial charge in [0.25, 0.3) is 5.89 Å². The number of nitrogens with zero attached hydrogens (tertiary/aromatic N) is 1. The average molecular weight is 243 g/mol. The molecule has 1 aromatic carbocycles. The van der Waals surface area contributed by atoms with Crippen molar-refractivity contribution in [2.45, 2.75) is 13.8 Å². The summed E-state index contributed by atoms with van der Waals surface area (Å²) in [5, 5.41) is 0.772. The predicted molar refractivity (Wildman–Crippen MR) is 64.8 cm³/mol. The number of ketones is 1. The Morgan fingerprint density at radius 1 is 1.22 bits per heavy atom. The number of carbonyl (C=O) groups excluding carboxylic acids is 1. The van der Waals surface area contributed by atoms with Gasteiger partial charge in [0.1, 0.15) is 5.52 Å². The van der Waals surface area contributed by atoms with Gasteiger partial charge in [0.2, 0.25) is 5.78 Å². The third-order valence-electron chi connectivity index (χ3n) is 2.78. The molecule has 0 aliphatic rings. The Morgan fingerprint density at radius 2 is 2.00 bits per heavy atom. The Labute approximate surface area is 101 Å². The van der Waals surface area contributed by atoms with Crippen molar-refractivity contribution in [3.63, 3.8) is 0 Å². The maximum absolute atomic E-state index is 11.4. The number of hydrogen-bond acceptors (Lipinski definition) is 5. The first kappa shape index (κ1) is 10.7. The first-order chi connectivity index (χ1) is 8.56. The van der Waals surface area contributed by atoms with E-state index in [9.17, 15) is 9.59 Å². The predicted octanol–water partition coefficient (Wildman–Crippen LogP) is 2.45. The van der Waals surface area contributed by atoms with Gasteiger partial charge in [-0.1, -0.05) is 0 Å². The first-order valence-corrected chi connectivity index (χ1v) is 5.41. The highest BCUT2D eigenvalue weighted by Crippen LogP contribution is 2.26. The summed E-state index contributed by atoms with van der Waals surface area (Å²) in [4.78, 5) is 26.7. The lowest BCUT2D eigenvalue weighted by atomic mass is 10.1. The Hall–Kier alpha value is -2.43. The Bertz CT molecular complexity index is 841. The SMILES string of the molecule is CC(=O)c1nc2ccc3c(C)cc(=O)oc3c2o1. The number of Topliss-reactive ketones (excluding diaryl/α,β-unsaturated/α-hetero) is 1. The smallest absolute Gasteiger partial charge is 0.336 e. The molecule has 2 heterocycles. The standard InChI is InChI=1S/C13H9NO4/c1-6-5-10(16)17-11-8(6)3-4-9-12(11)18-13(14-9)7(2)15/h3-5H,1-2H3. The fourth-order valence-electron chi connectivity index (χ4n) is 1.91. The fourth-order valence-corrected chi connectivity index (χ4v) is 1.91. The van der Waals surface area contributed by atoms with Gasteiger partial charge in [0, 0.05) is 18.4 Å². The summed E-state index contributed by atoms with van der Waals surface area (Å²) in [6.07, 6.45) is 0. The molecule has 0 fully saturated rings. The monoisotopic (exact) mass is 243 g/mol. The van der Waals surface area contributed by atoms with E-state index in [0.717, 1.165) is 10.9 Å². The molecule has 0 amide bonds. The van der Waals surface area contributed by atoms with E-state index in [1.165, 1.54) is 13.0 Å². The number of benzene rings is 1. The van der Waals surface area contributed by atoms with Crippen LogP contribution in [0.25, 0.3) is 22.1 Å². The number of carbonyl (C=O) groups is 1. The van der Waals surface area contributed by atoms with E-state index >= 15 is 0 Å². The Balaban J connectivity index is 2.52.